The molecule has 0 bridgehead atoms. The van der Waals surface area contributed by atoms with Crippen molar-refractivity contribution in [1.29, 1.82) is 0 Å². The molecule has 0 fully saturated rings. The second-order valence-corrected chi connectivity index (χ2v) is 1.98. The fraction of sp³-hybridized carbons (Fsp3) is 0.667. The summed E-state index contributed by atoms with van der Waals surface area (Å²) in [7, 11) is 0. The lowest BCUT2D eigenvalue weighted by Crippen LogP contribution is -2.12. The van der Waals surface area contributed by atoms with Crippen molar-refractivity contribution in [2.45, 2.75) is 13.3 Å². The average molecular weight is 178 g/mol. The number of carbonyl (C=O) groups is 2. The minimum Gasteiger partial charge on any atom is -0.428 e. The highest BCUT2D eigenvalue weighted by Crippen LogP contribution is 1.87. The number of carbonyl (C=O) groups excluding carboxylic acids is 2. The lowest BCUT2D eigenvalue weighted by molar-refractivity contribution is -0.165. The number of rotatable bonds is 4. The van der Waals surface area contributed by atoms with Crippen LogP contribution >= 0.6 is 12.6 Å². The van der Waals surface area contributed by atoms with Crippen LogP contribution in [0.3, 0.4) is 0 Å². The van der Waals surface area contributed by atoms with E-state index in [0.717, 1.165) is 0 Å². The molecule has 0 aromatic rings. The summed E-state index contributed by atoms with van der Waals surface area (Å²) < 4.78 is 8.85. The fourth-order valence-electron chi connectivity index (χ4n) is 0.309. The second-order valence-electron chi connectivity index (χ2n) is 1.66. The molecule has 0 radical (unpaired) electrons. The zero-order valence-electron chi connectivity index (χ0n) is 6.20. The molecular formula is C6H10O4S. The van der Waals surface area contributed by atoms with E-state index in [1.807, 2.05) is 0 Å². The highest BCUT2D eigenvalue weighted by molar-refractivity contribution is 7.81. The third-order valence-corrected chi connectivity index (χ3v) is 1.12. The van der Waals surface area contributed by atoms with Crippen LogP contribution in [0.15, 0.2) is 0 Å². The van der Waals surface area contributed by atoms with Gasteiger partial charge in [-0.25, -0.2) is 0 Å². The third kappa shape index (κ3) is 5.72. The SMILES string of the molecule is CCC(=O)OCOC(=O)CS. The quantitative estimate of drug-likeness (QED) is 0.384. The molecule has 0 N–H and O–H groups in total. The first-order valence-electron chi connectivity index (χ1n) is 3.12. The molecule has 5 heteroatoms. The molecule has 0 saturated heterocycles. The largest absolute Gasteiger partial charge is 0.428 e. The molecule has 0 rings (SSSR count). The Hall–Kier alpha value is -0.710. The Bertz CT molecular complexity index is 130. The van der Waals surface area contributed by atoms with Crippen molar-refractivity contribution in [3.63, 3.8) is 0 Å². The molecule has 0 saturated carbocycles. The van der Waals surface area contributed by atoms with Crippen LogP contribution in [-0.2, 0) is 19.1 Å². The van der Waals surface area contributed by atoms with Crippen LogP contribution < -0.4 is 0 Å². The van der Waals surface area contributed by atoms with E-state index in [4.69, 9.17) is 0 Å². The first-order chi connectivity index (χ1) is 5.20. The molecule has 4 nitrogen and oxygen atoms in total. The van der Waals surface area contributed by atoms with Gasteiger partial charge >= 0.3 is 11.9 Å². The molecule has 0 aromatic carbocycles. The summed E-state index contributed by atoms with van der Waals surface area (Å²) in [6.07, 6.45) is 0.276. The lowest BCUT2D eigenvalue weighted by Gasteiger charge is -2.02. The molecule has 0 spiro atoms. The summed E-state index contributed by atoms with van der Waals surface area (Å²) in [5.41, 5.74) is 0. The summed E-state index contributed by atoms with van der Waals surface area (Å²) in [5, 5.41) is 0. The van der Waals surface area contributed by atoms with E-state index in [0.29, 0.717) is 0 Å². The van der Waals surface area contributed by atoms with Crippen molar-refractivity contribution in [2.75, 3.05) is 12.5 Å². The van der Waals surface area contributed by atoms with Crippen LogP contribution in [0.25, 0.3) is 0 Å². The molecule has 0 amide bonds. The van der Waals surface area contributed by atoms with E-state index in [2.05, 4.69) is 22.1 Å². The number of hydrogen-bond donors (Lipinski definition) is 1. The van der Waals surface area contributed by atoms with Gasteiger partial charge in [-0.2, -0.15) is 12.6 Å². The Morgan fingerprint density at radius 3 is 2.27 bits per heavy atom. The van der Waals surface area contributed by atoms with Gasteiger partial charge in [0.05, 0.1) is 5.75 Å². The van der Waals surface area contributed by atoms with Crippen LogP contribution in [0.1, 0.15) is 13.3 Å². The Morgan fingerprint density at radius 2 is 1.82 bits per heavy atom. The molecule has 0 aliphatic carbocycles. The molecule has 64 valence electrons. The molecule has 0 aliphatic rings. The highest BCUT2D eigenvalue weighted by atomic mass is 32.1. The van der Waals surface area contributed by atoms with E-state index in [1.165, 1.54) is 0 Å². The molecule has 0 heterocycles. The van der Waals surface area contributed by atoms with Crippen molar-refractivity contribution in [1.82, 2.24) is 0 Å². The molecule has 0 atom stereocenters. The monoisotopic (exact) mass is 178 g/mol. The minimum atomic E-state index is -0.503. The number of esters is 2. The van der Waals surface area contributed by atoms with Gasteiger partial charge in [0.2, 0.25) is 6.79 Å². The molecule has 11 heavy (non-hydrogen) atoms. The predicted molar refractivity (Wildman–Crippen MR) is 41.2 cm³/mol. The molecule has 0 aromatic heterocycles. The van der Waals surface area contributed by atoms with E-state index in [9.17, 15) is 9.59 Å². The second kappa shape index (κ2) is 6.03. The van der Waals surface area contributed by atoms with E-state index in [1.54, 1.807) is 6.92 Å². The summed E-state index contributed by atoms with van der Waals surface area (Å²) in [6.45, 7) is 1.34. The van der Waals surface area contributed by atoms with Gasteiger partial charge in [0.1, 0.15) is 0 Å². The zero-order valence-corrected chi connectivity index (χ0v) is 7.10. The zero-order chi connectivity index (χ0) is 8.69. The summed E-state index contributed by atoms with van der Waals surface area (Å²) >= 11 is 3.65. The van der Waals surface area contributed by atoms with Crippen LogP contribution in [-0.4, -0.2) is 24.5 Å². The maximum absolute atomic E-state index is 10.4. The van der Waals surface area contributed by atoms with Crippen LogP contribution in [0.4, 0.5) is 0 Å². The molecule has 0 aliphatic heterocycles. The predicted octanol–water partition coefficient (Wildman–Crippen LogP) is 0.370. The topological polar surface area (TPSA) is 52.6 Å². The average Bonchev–Trinajstić information content (AvgIpc) is 2.04. The van der Waals surface area contributed by atoms with Crippen LogP contribution in [0, 0.1) is 0 Å². The van der Waals surface area contributed by atoms with E-state index in [-0.39, 0.29) is 19.0 Å². The van der Waals surface area contributed by atoms with Crippen LogP contribution in [0.2, 0.25) is 0 Å². The van der Waals surface area contributed by atoms with Gasteiger partial charge in [-0.05, 0) is 0 Å². The van der Waals surface area contributed by atoms with E-state index < -0.39 is 11.9 Å². The van der Waals surface area contributed by atoms with Gasteiger partial charge in [0.25, 0.3) is 0 Å². The lowest BCUT2D eigenvalue weighted by atomic mass is 10.5. The first-order valence-corrected chi connectivity index (χ1v) is 3.76. The Kier molecular flexibility index (Phi) is 5.64. The molecular weight excluding hydrogens is 168 g/mol. The summed E-state index contributed by atoms with van der Waals surface area (Å²) in [6, 6.07) is 0. The first kappa shape index (κ1) is 10.3. The highest BCUT2D eigenvalue weighted by Gasteiger charge is 2.00. The maximum Gasteiger partial charge on any atom is 0.318 e. The van der Waals surface area contributed by atoms with Gasteiger partial charge in [-0.1, -0.05) is 6.92 Å². The Morgan fingerprint density at radius 1 is 1.27 bits per heavy atom. The van der Waals surface area contributed by atoms with Gasteiger partial charge in [-0.3, -0.25) is 9.59 Å². The van der Waals surface area contributed by atoms with Gasteiger partial charge < -0.3 is 9.47 Å². The van der Waals surface area contributed by atoms with Crippen molar-refractivity contribution in [3.8, 4) is 0 Å². The number of thiol groups is 1. The summed E-state index contributed by atoms with van der Waals surface area (Å²) in [4.78, 5) is 20.8. The van der Waals surface area contributed by atoms with Crippen molar-refractivity contribution in [2.24, 2.45) is 0 Å². The fourth-order valence-corrected chi connectivity index (χ4v) is 0.400. The smallest absolute Gasteiger partial charge is 0.318 e. The Balaban J connectivity index is 3.27. The van der Waals surface area contributed by atoms with Crippen LogP contribution in [0.5, 0.6) is 0 Å². The maximum atomic E-state index is 10.4. The van der Waals surface area contributed by atoms with Crippen molar-refractivity contribution in [3.05, 3.63) is 0 Å². The van der Waals surface area contributed by atoms with E-state index >= 15 is 0 Å². The van der Waals surface area contributed by atoms with Crippen molar-refractivity contribution < 1.29 is 19.1 Å². The van der Waals surface area contributed by atoms with Gasteiger partial charge in [0.15, 0.2) is 0 Å². The standard InChI is InChI=1S/C6H10O4S/c1-2-5(7)9-4-10-6(8)3-11/h11H,2-4H2,1H3. The Labute approximate surface area is 70.3 Å². The number of ether oxygens (including phenoxy) is 2. The van der Waals surface area contributed by atoms with Gasteiger partial charge in [-0.15, -0.1) is 0 Å². The normalized spacial score (nSPS) is 8.91. The van der Waals surface area contributed by atoms with Crippen molar-refractivity contribution >= 4 is 24.6 Å². The van der Waals surface area contributed by atoms with Gasteiger partial charge in [0, 0.05) is 6.42 Å². The summed E-state index contributed by atoms with van der Waals surface area (Å²) in [5.74, 6) is -0.905. The number of hydrogen-bond acceptors (Lipinski definition) is 5. The third-order valence-electron chi connectivity index (χ3n) is 0.858. The minimum absolute atomic E-state index is 0.0102. The molecule has 0 unspecified atom stereocenters.